The first-order chi connectivity index (χ1) is 6.20. The van der Waals surface area contributed by atoms with E-state index in [1.165, 1.54) is 19.3 Å². The molecule has 1 aliphatic carbocycles. The predicted molar refractivity (Wildman–Crippen MR) is 52.3 cm³/mol. The summed E-state index contributed by atoms with van der Waals surface area (Å²) in [5, 5.41) is 0. The van der Waals surface area contributed by atoms with Gasteiger partial charge in [-0.05, 0) is 38.5 Å². The zero-order chi connectivity index (χ0) is 9.42. The van der Waals surface area contributed by atoms with Gasteiger partial charge in [-0.2, -0.15) is 0 Å². The fraction of sp³-hybridized carbons (Fsp3) is 0.909. The standard InChI is InChI=1S/C11H19NO/c1-8-7-10(8)11(13)12-6-4-3-5-9(12)2/h8-10H,3-7H2,1-2H3. The van der Waals surface area contributed by atoms with Gasteiger partial charge in [0.25, 0.3) is 0 Å². The van der Waals surface area contributed by atoms with Crippen molar-refractivity contribution < 1.29 is 4.79 Å². The van der Waals surface area contributed by atoms with Crippen LogP contribution in [-0.4, -0.2) is 23.4 Å². The van der Waals surface area contributed by atoms with Crippen molar-refractivity contribution >= 4 is 5.91 Å². The highest BCUT2D eigenvalue weighted by Crippen LogP contribution is 2.40. The number of rotatable bonds is 1. The molecule has 1 amide bonds. The van der Waals surface area contributed by atoms with Crippen molar-refractivity contribution in [1.82, 2.24) is 4.90 Å². The number of hydrogen-bond donors (Lipinski definition) is 0. The van der Waals surface area contributed by atoms with Crippen LogP contribution in [0.1, 0.15) is 39.5 Å². The lowest BCUT2D eigenvalue weighted by Crippen LogP contribution is -2.43. The Morgan fingerprint density at radius 3 is 2.54 bits per heavy atom. The smallest absolute Gasteiger partial charge is 0.226 e. The summed E-state index contributed by atoms with van der Waals surface area (Å²) < 4.78 is 0. The molecule has 3 unspecified atom stereocenters. The molecular formula is C11H19NO. The lowest BCUT2D eigenvalue weighted by Gasteiger charge is -2.33. The third kappa shape index (κ3) is 1.72. The average Bonchev–Trinajstić information content (AvgIpc) is 2.82. The van der Waals surface area contributed by atoms with Crippen molar-refractivity contribution in [2.45, 2.75) is 45.6 Å². The Morgan fingerprint density at radius 1 is 1.31 bits per heavy atom. The Hall–Kier alpha value is -0.530. The second-order valence-corrected chi connectivity index (χ2v) is 4.70. The molecule has 1 heterocycles. The van der Waals surface area contributed by atoms with Crippen LogP contribution in [0, 0.1) is 11.8 Å². The summed E-state index contributed by atoms with van der Waals surface area (Å²) in [5.74, 6) is 1.46. The molecule has 2 nitrogen and oxygen atoms in total. The number of hydrogen-bond acceptors (Lipinski definition) is 1. The van der Waals surface area contributed by atoms with Crippen LogP contribution in [0.4, 0.5) is 0 Å². The third-order valence-corrected chi connectivity index (χ3v) is 3.51. The second kappa shape index (κ2) is 3.32. The molecular weight excluding hydrogens is 162 g/mol. The van der Waals surface area contributed by atoms with Crippen LogP contribution in [0.25, 0.3) is 0 Å². The summed E-state index contributed by atoms with van der Waals surface area (Å²) in [5.41, 5.74) is 0. The summed E-state index contributed by atoms with van der Waals surface area (Å²) in [4.78, 5) is 14.0. The molecule has 0 aromatic heterocycles. The van der Waals surface area contributed by atoms with Crippen LogP contribution in [0.5, 0.6) is 0 Å². The van der Waals surface area contributed by atoms with Crippen LogP contribution >= 0.6 is 0 Å². The minimum absolute atomic E-state index is 0.376. The molecule has 2 fully saturated rings. The van der Waals surface area contributed by atoms with Crippen molar-refractivity contribution in [3.8, 4) is 0 Å². The fourth-order valence-corrected chi connectivity index (χ4v) is 2.30. The zero-order valence-electron chi connectivity index (χ0n) is 8.62. The lowest BCUT2D eigenvalue weighted by atomic mass is 10.0. The largest absolute Gasteiger partial charge is 0.340 e. The SMILES string of the molecule is CC1CC1C(=O)N1CCCCC1C. The maximum Gasteiger partial charge on any atom is 0.226 e. The number of carbonyl (C=O) groups excluding carboxylic acids is 1. The minimum Gasteiger partial charge on any atom is -0.340 e. The van der Waals surface area contributed by atoms with Gasteiger partial charge in [-0.3, -0.25) is 4.79 Å². The van der Waals surface area contributed by atoms with E-state index in [4.69, 9.17) is 0 Å². The Balaban J connectivity index is 1.94. The van der Waals surface area contributed by atoms with Gasteiger partial charge in [-0.25, -0.2) is 0 Å². The Morgan fingerprint density at radius 2 is 2.00 bits per heavy atom. The molecule has 2 aliphatic rings. The molecule has 2 rings (SSSR count). The van der Waals surface area contributed by atoms with E-state index < -0.39 is 0 Å². The highest BCUT2D eigenvalue weighted by Gasteiger charge is 2.42. The zero-order valence-corrected chi connectivity index (χ0v) is 8.62. The molecule has 2 heteroatoms. The minimum atomic E-state index is 0.376. The van der Waals surface area contributed by atoms with Crippen molar-refractivity contribution in [2.75, 3.05) is 6.54 Å². The molecule has 0 aromatic carbocycles. The third-order valence-electron chi connectivity index (χ3n) is 3.51. The van der Waals surface area contributed by atoms with E-state index in [-0.39, 0.29) is 0 Å². The van der Waals surface area contributed by atoms with Gasteiger partial charge in [0.2, 0.25) is 5.91 Å². The van der Waals surface area contributed by atoms with Gasteiger partial charge in [0.15, 0.2) is 0 Å². The number of piperidine rings is 1. The fourth-order valence-electron chi connectivity index (χ4n) is 2.30. The summed E-state index contributed by atoms with van der Waals surface area (Å²) in [7, 11) is 0. The number of nitrogens with zero attached hydrogens (tertiary/aromatic N) is 1. The Labute approximate surface area is 80.3 Å². The quantitative estimate of drug-likeness (QED) is 0.606. The summed E-state index contributed by atoms with van der Waals surface area (Å²) >= 11 is 0. The number of likely N-dealkylation sites (tertiary alicyclic amines) is 1. The van der Waals surface area contributed by atoms with E-state index in [1.54, 1.807) is 0 Å². The molecule has 74 valence electrons. The molecule has 0 N–H and O–H groups in total. The predicted octanol–water partition coefficient (Wildman–Crippen LogP) is 2.04. The van der Waals surface area contributed by atoms with Gasteiger partial charge in [0.1, 0.15) is 0 Å². The molecule has 0 spiro atoms. The van der Waals surface area contributed by atoms with E-state index in [2.05, 4.69) is 18.7 Å². The Bertz CT molecular complexity index is 214. The van der Waals surface area contributed by atoms with E-state index >= 15 is 0 Å². The number of amides is 1. The van der Waals surface area contributed by atoms with Gasteiger partial charge < -0.3 is 4.90 Å². The van der Waals surface area contributed by atoms with Crippen LogP contribution in [0.15, 0.2) is 0 Å². The molecule has 0 aromatic rings. The lowest BCUT2D eigenvalue weighted by molar-refractivity contribution is -0.136. The normalized spacial score (nSPS) is 38.9. The van der Waals surface area contributed by atoms with Crippen molar-refractivity contribution in [2.24, 2.45) is 11.8 Å². The first-order valence-electron chi connectivity index (χ1n) is 5.50. The van der Waals surface area contributed by atoms with Gasteiger partial charge >= 0.3 is 0 Å². The van der Waals surface area contributed by atoms with Gasteiger partial charge in [-0.15, -0.1) is 0 Å². The highest BCUT2D eigenvalue weighted by atomic mass is 16.2. The van der Waals surface area contributed by atoms with Crippen molar-refractivity contribution in [3.63, 3.8) is 0 Å². The first kappa shape index (κ1) is 9.04. The summed E-state index contributed by atoms with van der Waals surface area (Å²) in [6.07, 6.45) is 4.83. The first-order valence-corrected chi connectivity index (χ1v) is 5.50. The second-order valence-electron chi connectivity index (χ2n) is 4.70. The van der Waals surface area contributed by atoms with Crippen LogP contribution in [-0.2, 0) is 4.79 Å². The van der Waals surface area contributed by atoms with Gasteiger partial charge in [-0.1, -0.05) is 6.92 Å². The molecule has 13 heavy (non-hydrogen) atoms. The van der Waals surface area contributed by atoms with E-state index in [9.17, 15) is 4.79 Å². The molecule has 1 saturated carbocycles. The van der Waals surface area contributed by atoms with Crippen LogP contribution < -0.4 is 0 Å². The van der Waals surface area contributed by atoms with Crippen LogP contribution in [0.2, 0.25) is 0 Å². The van der Waals surface area contributed by atoms with Gasteiger partial charge in [0.05, 0.1) is 0 Å². The van der Waals surface area contributed by atoms with E-state index in [0.29, 0.717) is 23.8 Å². The molecule has 1 saturated heterocycles. The number of carbonyl (C=O) groups is 1. The van der Waals surface area contributed by atoms with Crippen molar-refractivity contribution in [3.05, 3.63) is 0 Å². The Kier molecular flexibility index (Phi) is 2.31. The molecule has 0 bridgehead atoms. The maximum absolute atomic E-state index is 11.9. The average molecular weight is 181 g/mol. The summed E-state index contributed by atoms with van der Waals surface area (Å²) in [6, 6.07) is 0.494. The van der Waals surface area contributed by atoms with E-state index in [0.717, 1.165) is 13.0 Å². The van der Waals surface area contributed by atoms with Gasteiger partial charge in [0, 0.05) is 18.5 Å². The molecule has 0 radical (unpaired) electrons. The van der Waals surface area contributed by atoms with Crippen LogP contribution in [0.3, 0.4) is 0 Å². The molecule has 1 aliphatic heterocycles. The topological polar surface area (TPSA) is 20.3 Å². The maximum atomic E-state index is 11.9. The molecule has 3 atom stereocenters. The van der Waals surface area contributed by atoms with Crippen molar-refractivity contribution in [1.29, 1.82) is 0 Å². The van der Waals surface area contributed by atoms with E-state index in [1.807, 2.05) is 0 Å². The summed E-state index contributed by atoms with van der Waals surface area (Å²) in [6.45, 7) is 5.37. The highest BCUT2D eigenvalue weighted by molar-refractivity contribution is 5.81. The monoisotopic (exact) mass is 181 g/mol.